The zero-order valence-corrected chi connectivity index (χ0v) is 11.0. The molecule has 1 aromatic rings. The maximum absolute atomic E-state index is 5.77. The number of halogens is 3. The minimum absolute atomic E-state index is 0. The Kier molecular flexibility index (Phi) is 5.72. The molecule has 0 fully saturated rings. The van der Waals surface area contributed by atoms with E-state index in [9.17, 15) is 0 Å². The molecule has 0 heterocycles. The summed E-state index contributed by atoms with van der Waals surface area (Å²) >= 11 is 12.8. The largest absolute Gasteiger partial charge is 1.00 e. The van der Waals surface area contributed by atoms with Gasteiger partial charge in [0.15, 0.2) is 0 Å². The molecule has 0 saturated heterocycles. The van der Waals surface area contributed by atoms with E-state index in [2.05, 4.69) is 0 Å². The summed E-state index contributed by atoms with van der Waals surface area (Å²) < 4.78 is 0. The number of hydrogen-bond donors (Lipinski definition) is 0. The quantitative estimate of drug-likeness (QED) is 0.626. The molecule has 56 valence electrons. The standard InChI is InChI=1S/C7H5Cl2.ClH.Zn/c1-5-2-3-6(8)7(9)4-5;;/h2-4H,1H2;1H;/q;;+1/p-1. The van der Waals surface area contributed by atoms with Gasteiger partial charge in [0.1, 0.15) is 0 Å². The second kappa shape index (κ2) is 5.37. The molecule has 0 N–H and O–H groups in total. The first-order chi connectivity index (χ1) is 4.74. The minimum Gasteiger partial charge on any atom is -1.00 e. The van der Waals surface area contributed by atoms with Crippen molar-refractivity contribution in [2.45, 2.75) is 5.02 Å². The topological polar surface area (TPSA) is 0 Å². The zero-order chi connectivity index (χ0) is 7.56. The van der Waals surface area contributed by atoms with Gasteiger partial charge in [-0.2, -0.15) is 0 Å². The van der Waals surface area contributed by atoms with E-state index >= 15 is 0 Å². The van der Waals surface area contributed by atoms with Crippen molar-refractivity contribution in [3.05, 3.63) is 33.8 Å². The third-order valence-corrected chi connectivity index (χ3v) is 3.22. The molecule has 0 spiro atoms. The van der Waals surface area contributed by atoms with Crippen molar-refractivity contribution in [1.82, 2.24) is 0 Å². The molecule has 4 heteroatoms. The Morgan fingerprint density at radius 1 is 1.18 bits per heavy atom. The van der Waals surface area contributed by atoms with Crippen LogP contribution >= 0.6 is 23.2 Å². The van der Waals surface area contributed by atoms with Gasteiger partial charge in [0, 0.05) is 0 Å². The molecule has 0 unspecified atom stereocenters. The molecule has 0 aliphatic heterocycles. The summed E-state index contributed by atoms with van der Waals surface area (Å²) in [6.45, 7) is 0. The Morgan fingerprint density at radius 2 is 1.82 bits per heavy atom. The van der Waals surface area contributed by atoms with E-state index in [1.807, 2.05) is 18.2 Å². The number of rotatable bonds is 1. The van der Waals surface area contributed by atoms with Gasteiger partial charge in [-0.25, -0.2) is 0 Å². The molecule has 0 nitrogen and oxygen atoms in total. The van der Waals surface area contributed by atoms with E-state index in [1.165, 1.54) is 23.9 Å². The molecule has 0 atom stereocenters. The smallest absolute Gasteiger partial charge is 1.00 e. The molecular weight excluding hydrogens is 256 g/mol. The van der Waals surface area contributed by atoms with Gasteiger partial charge in [0.2, 0.25) is 0 Å². The van der Waals surface area contributed by atoms with Crippen LogP contribution < -0.4 is 12.4 Å². The normalized spacial score (nSPS) is 9.09. The van der Waals surface area contributed by atoms with Crippen molar-refractivity contribution in [2.75, 3.05) is 0 Å². The number of benzene rings is 1. The van der Waals surface area contributed by atoms with Crippen molar-refractivity contribution in [3.8, 4) is 0 Å². The van der Waals surface area contributed by atoms with E-state index in [-0.39, 0.29) is 12.4 Å². The molecule has 0 saturated carbocycles. The fourth-order valence-corrected chi connectivity index (χ4v) is 1.67. The third kappa shape index (κ3) is 3.29. The van der Waals surface area contributed by atoms with Gasteiger partial charge in [0.05, 0.1) is 0 Å². The first kappa shape index (κ1) is 11.7. The van der Waals surface area contributed by atoms with Crippen LogP contribution in [-0.2, 0) is 23.3 Å². The van der Waals surface area contributed by atoms with Gasteiger partial charge in [-0.3, -0.25) is 0 Å². The summed E-state index contributed by atoms with van der Waals surface area (Å²) in [4.78, 5) is 0. The van der Waals surface area contributed by atoms with Gasteiger partial charge in [-0.05, 0) is 0 Å². The van der Waals surface area contributed by atoms with E-state index in [0.717, 1.165) is 5.02 Å². The fourth-order valence-electron chi connectivity index (χ4n) is 0.695. The fraction of sp³-hybridized carbons (Fsp3) is 0.143. The van der Waals surface area contributed by atoms with Gasteiger partial charge in [-0.1, -0.05) is 0 Å². The molecule has 0 bridgehead atoms. The molecule has 0 aliphatic rings. The van der Waals surface area contributed by atoms with Crippen LogP contribution in [0.4, 0.5) is 0 Å². The Morgan fingerprint density at radius 3 is 2.27 bits per heavy atom. The van der Waals surface area contributed by atoms with Crippen LogP contribution in [0.2, 0.25) is 10.0 Å². The van der Waals surface area contributed by atoms with Crippen molar-refractivity contribution >= 4 is 23.2 Å². The van der Waals surface area contributed by atoms with Crippen LogP contribution in [0.3, 0.4) is 0 Å². The predicted molar refractivity (Wildman–Crippen MR) is 40.2 cm³/mol. The van der Waals surface area contributed by atoms with Gasteiger partial charge in [-0.15, -0.1) is 0 Å². The van der Waals surface area contributed by atoms with Gasteiger partial charge in [0.25, 0.3) is 0 Å². The molecule has 0 aliphatic carbocycles. The average Bonchev–Trinajstić information content (AvgIpc) is 1.95. The van der Waals surface area contributed by atoms with Crippen LogP contribution in [0.15, 0.2) is 18.2 Å². The van der Waals surface area contributed by atoms with Crippen molar-refractivity contribution < 1.29 is 30.7 Å². The third-order valence-electron chi connectivity index (χ3n) is 1.27. The summed E-state index contributed by atoms with van der Waals surface area (Å²) in [5.41, 5.74) is 1.27. The van der Waals surface area contributed by atoms with E-state index in [1.54, 1.807) is 0 Å². The molecule has 1 aromatic carbocycles. The predicted octanol–water partition coefficient (Wildman–Crippen LogP) is 0.0442. The Hall–Kier alpha value is 0.713. The SMILES string of the molecule is Clc1ccc([CH2][Zn+])cc1Cl.[Cl-]. The second-order valence-corrected chi connectivity index (χ2v) is 3.86. The van der Waals surface area contributed by atoms with Gasteiger partial charge < -0.3 is 12.4 Å². The van der Waals surface area contributed by atoms with E-state index < -0.39 is 0 Å². The van der Waals surface area contributed by atoms with Crippen LogP contribution in [0.5, 0.6) is 0 Å². The van der Waals surface area contributed by atoms with E-state index in [0.29, 0.717) is 10.0 Å². The van der Waals surface area contributed by atoms with Crippen molar-refractivity contribution in [3.63, 3.8) is 0 Å². The van der Waals surface area contributed by atoms with Crippen LogP contribution in [-0.4, -0.2) is 0 Å². The summed E-state index contributed by atoms with van der Waals surface area (Å²) in [7, 11) is 0. The molecular formula is C7H5Cl3Zn. The Bertz CT molecular complexity index is 237. The summed E-state index contributed by atoms with van der Waals surface area (Å²) in [6, 6.07) is 5.78. The van der Waals surface area contributed by atoms with Crippen LogP contribution in [0.1, 0.15) is 5.56 Å². The summed E-state index contributed by atoms with van der Waals surface area (Å²) in [5, 5.41) is 2.42. The van der Waals surface area contributed by atoms with Crippen LogP contribution in [0, 0.1) is 0 Å². The first-order valence-electron chi connectivity index (χ1n) is 2.97. The Balaban J connectivity index is 0.000001000. The molecule has 0 amide bonds. The zero-order valence-electron chi connectivity index (χ0n) is 5.78. The Labute approximate surface area is 92.4 Å². The first-order valence-corrected chi connectivity index (χ1v) is 5.82. The van der Waals surface area contributed by atoms with Crippen LogP contribution in [0.25, 0.3) is 0 Å². The van der Waals surface area contributed by atoms with E-state index in [4.69, 9.17) is 23.2 Å². The molecule has 0 aromatic heterocycles. The average molecular weight is 261 g/mol. The minimum atomic E-state index is 0. The molecule has 0 radical (unpaired) electrons. The monoisotopic (exact) mass is 258 g/mol. The summed E-state index contributed by atoms with van der Waals surface area (Å²) in [5.74, 6) is 0. The maximum atomic E-state index is 5.77. The second-order valence-electron chi connectivity index (χ2n) is 2.00. The molecule has 11 heavy (non-hydrogen) atoms. The van der Waals surface area contributed by atoms with Crippen molar-refractivity contribution in [1.29, 1.82) is 0 Å². The maximum Gasteiger partial charge on any atom is -1.00 e. The van der Waals surface area contributed by atoms with Crippen molar-refractivity contribution in [2.24, 2.45) is 0 Å². The molecule has 1 rings (SSSR count). The summed E-state index contributed by atoms with van der Waals surface area (Å²) in [6.07, 6.45) is 0. The number of hydrogen-bond acceptors (Lipinski definition) is 0. The van der Waals surface area contributed by atoms with Gasteiger partial charge >= 0.3 is 80.3 Å².